The third kappa shape index (κ3) is 2.07. The van der Waals surface area contributed by atoms with Gasteiger partial charge < -0.3 is 19.3 Å². The fourth-order valence-corrected chi connectivity index (χ4v) is 2.63. The van der Waals surface area contributed by atoms with Crippen molar-refractivity contribution in [2.75, 3.05) is 20.0 Å². The minimum Gasteiger partial charge on any atom is -0.367 e. The zero-order valence-corrected chi connectivity index (χ0v) is 10.1. The predicted molar refractivity (Wildman–Crippen MR) is 56.3 cm³/mol. The van der Waals surface area contributed by atoms with Gasteiger partial charge in [-0.3, -0.25) is 4.57 Å². The lowest BCUT2D eigenvalue weighted by molar-refractivity contribution is 0.287. The predicted octanol–water partition coefficient (Wildman–Crippen LogP) is 1.49. The molecule has 0 bridgehead atoms. The summed E-state index contributed by atoms with van der Waals surface area (Å²) in [5.41, 5.74) is 6.05. The van der Waals surface area contributed by atoms with Gasteiger partial charge in [0.15, 0.2) is 5.30 Å². The number of anilines is 1. The molecule has 0 spiro atoms. The number of nitrogens with two attached hydrogens (primary N) is 1. The number of aromatic nitrogens is 1. The Morgan fingerprint density at radius 1 is 1.40 bits per heavy atom. The maximum Gasteiger partial charge on any atom is 0.368 e. The van der Waals surface area contributed by atoms with Gasteiger partial charge in [-0.15, -0.1) is 0 Å². The van der Waals surface area contributed by atoms with Crippen LogP contribution < -0.4 is 11.0 Å². The Hall–Kier alpha value is -0.840. The van der Waals surface area contributed by atoms with E-state index in [-0.39, 0.29) is 17.1 Å². The Morgan fingerprint density at radius 3 is 2.33 bits per heavy atom. The quantitative estimate of drug-likeness (QED) is 0.794. The van der Waals surface area contributed by atoms with E-state index in [1.54, 1.807) is 0 Å². The molecule has 0 saturated carbocycles. The first-order valence-electron chi connectivity index (χ1n) is 4.43. The summed E-state index contributed by atoms with van der Waals surface area (Å²) in [5.74, 6) is 0.00501. The third-order valence-electron chi connectivity index (χ3n) is 2.02. The van der Waals surface area contributed by atoms with Crippen molar-refractivity contribution < 1.29 is 18.1 Å². The molecule has 1 aromatic heterocycles. The summed E-state index contributed by atoms with van der Waals surface area (Å²) in [5, 5.41) is 3.97. The van der Waals surface area contributed by atoms with Crippen molar-refractivity contribution in [3.8, 4) is 0 Å². The summed E-state index contributed by atoms with van der Waals surface area (Å²) in [6.07, 6.45) is 0. The zero-order valence-electron chi connectivity index (χ0n) is 9.18. The standard InChI is InChI=1S/C8H15N2O4P/c1-5(2)6-7(8(9)14-10-6)15(11,12-3)13-4/h5H,9H2,1-4H3. The monoisotopic (exact) mass is 234 g/mol. The molecule has 6 nitrogen and oxygen atoms in total. The second-order valence-electron chi connectivity index (χ2n) is 3.30. The first-order valence-corrected chi connectivity index (χ1v) is 5.97. The smallest absolute Gasteiger partial charge is 0.367 e. The lowest BCUT2D eigenvalue weighted by Gasteiger charge is -2.14. The molecule has 7 heteroatoms. The van der Waals surface area contributed by atoms with Crippen molar-refractivity contribution in [1.29, 1.82) is 0 Å². The molecule has 2 N–H and O–H groups in total. The molecule has 0 aliphatic heterocycles. The van der Waals surface area contributed by atoms with E-state index < -0.39 is 7.60 Å². The van der Waals surface area contributed by atoms with Gasteiger partial charge in [0.2, 0.25) is 5.88 Å². The molecule has 1 aromatic rings. The van der Waals surface area contributed by atoms with Crippen molar-refractivity contribution >= 4 is 18.8 Å². The highest BCUT2D eigenvalue weighted by Gasteiger charge is 2.35. The molecule has 0 radical (unpaired) electrons. The second kappa shape index (κ2) is 4.35. The molecule has 0 aliphatic rings. The Kier molecular flexibility index (Phi) is 3.54. The van der Waals surface area contributed by atoms with Crippen molar-refractivity contribution in [2.45, 2.75) is 19.8 Å². The van der Waals surface area contributed by atoms with E-state index in [4.69, 9.17) is 19.3 Å². The van der Waals surface area contributed by atoms with Crippen molar-refractivity contribution in [3.05, 3.63) is 5.69 Å². The molecule has 86 valence electrons. The van der Waals surface area contributed by atoms with Gasteiger partial charge in [-0.1, -0.05) is 19.0 Å². The summed E-state index contributed by atoms with van der Waals surface area (Å²) in [7, 11) is -0.811. The fourth-order valence-electron chi connectivity index (χ4n) is 1.22. The highest BCUT2D eigenvalue weighted by atomic mass is 31.2. The van der Waals surface area contributed by atoms with Crippen LogP contribution in [-0.4, -0.2) is 19.4 Å². The lowest BCUT2D eigenvalue weighted by Crippen LogP contribution is -2.15. The van der Waals surface area contributed by atoms with Gasteiger partial charge in [0.25, 0.3) is 0 Å². The zero-order chi connectivity index (χ0) is 11.6. The average molecular weight is 234 g/mol. The van der Waals surface area contributed by atoms with Crippen LogP contribution in [0.4, 0.5) is 5.88 Å². The summed E-state index contributed by atoms with van der Waals surface area (Å²) >= 11 is 0. The summed E-state index contributed by atoms with van der Waals surface area (Å²) in [6.45, 7) is 3.77. The van der Waals surface area contributed by atoms with Gasteiger partial charge in [-0.25, -0.2) is 0 Å². The minimum atomic E-state index is -3.40. The maximum absolute atomic E-state index is 12.1. The van der Waals surface area contributed by atoms with Gasteiger partial charge in [0, 0.05) is 20.1 Å². The van der Waals surface area contributed by atoms with Gasteiger partial charge in [0.05, 0.1) is 0 Å². The number of hydrogen-bond acceptors (Lipinski definition) is 6. The van der Waals surface area contributed by atoms with E-state index in [0.717, 1.165) is 0 Å². The molecule has 1 rings (SSSR count). The highest BCUT2D eigenvalue weighted by molar-refractivity contribution is 7.62. The van der Waals surface area contributed by atoms with E-state index in [1.165, 1.54) is 14.2 Å². The van der Waals surface area contributed by atoms with Crippen LogP contribution in [0.3, 0.4) is 0 Å². The summed E-state index contributed by atoms with van der Waals surface area (Å²) < 4.78 is 26.7. The highest BCUT2D eigenvalue weighted by Crippen LogP contribution is 2.48. The molecule has 0 atom stereocenters. The number of hydrogen-bond donors (Lipinski definition) is 1. The van der Waals surface area contributed by atoms with Gasteiger partial charge in [-0.2, -0.15) is 0 Å². The van der Waals surface area contributed by atoms with Crippen LogP contribution >= 0.6 is 7.60 Å². The molecule has 0 fully saturated rings. The van der Waals surface area contributed by atoms with Gasteiger partial charge >= 0.3 is 7.60 Å². The third-order valence-corrected chi connectivity index (χ3v) is 3.98. The number of rotatable bonds is 4. The Morgan fingerprint density at radius 2 is 1.93 bits per heavy atom. The van der Waals surface area contributed by atoms with Crippen LogP contribution in [0.15, 0.2) is 4.52 Å². The fraction of sp³-hybridized carbons (Fsp3) is 0.625. The van der Waals surface area contributed by atoms with Crippen LogP contribution in [-0.2, 0) is 13.6 Å². The van der Waals surface area contributed by atoms with E-state index in [9.17, 15) is 4.57 Å². The SMILES string of the molecule is COP(=O)(OC)c1c(C(C)C)noc1N. The molecule has 15 heavy (non-hydrogen) atoms. The summed E-state index contributed by atoms with van der Waals surface area (Å²) in [4.78, 5) is 0. The van der Waals surface area contributed by atoms with Crippen LogP contribution in [0, 0.1) is 0 Å². The van der Waals surface area contributed by atoms with Gasteiger partial charge in [-0.05, 0) is 0 Å². The molecule has 0 aliphatic carbocycles. The largest absolute Gasteiger partial charge is 0.368 e. The van der Waals surface area contributed by atoms with E-state index in [2.05, 4.69) is 5.16 Å². The maximum atomic E-state index is 12.1. The number of nitrogens with zero attached hydrogens (tertiary/aromatic N) is 1. The molecule has 0 aromatic carbocycles. The van der Waals surface area contributed by atoms with Crippen LogP contribution in [0.25, 0.3) is 0 Å². The van der Waals surface area contributed by atoms with Gasteiger partial charge in [0.1, 0.15) is 5.69 Å². The first-order chi connectivity index (χ1) is 6.96. The second-order valence-corrected chi connectivity index (χ2v) is 5.47. The molecule has 0 saturated heterocycles. The first kappa shape index (κ1) is 12.2. The Balaban J connectivity index is 3.34. The normalized spacial score (nSPS) is 12.3. The van der Waals surface area contributed by atoms with E-state index in [0.29, 0.717) is 5.69 Å². The summed E-state index contributed by atoms with van der Waals surface area (Å²) in [6, 6.07) is 0. The molecular weight excluding hydrogens is 219 g/mol. The van der Waals surface area contributed by atoms with E-state index >= 15 is 0 Å². The van der Waals surface area contributed by atoms with Crippen molar-refractivity contribution in [2.24, 2.45) is 0 Å². The van der Waals surface area contributed by atoms with Crippen molar-refractivity contribution in [3.63, 3.8) is 0 Å². The van der Waals surface area contributed by atoms with E-state index in [1.807, 2.05) is 13.8 Å². The van der Waals surface area contributed by atoms with Crippen LogP contribution in [0.2, 0.25) is 0 Å². The van der Waals surface area contributed by atoms with Crippen LogP contribution in [0.1, 0.15) is 25.5 Å². The molecule has 0 amide bonds. The van der Waals surface area contributed by atoms with Crippen molar-refractivity contribution in [1.82, 2.24) is 5.16 Å². The molecule has 1 heterocycles. The van der Waals surface area contributed by atoms with Crippen LogP contribution in [0.5, 0.6) is 0 Å². The Bertz CT molecular complexity index is 380. The molecular formula is C8H15N2O4P. The topological polar surface area (TPSA) is 87.6 Å². The number of nitrogen functional groups attached to an aromatic ring is 1. The minimum absolute atomic E-state index is 0.0225. The Labute approximate surface area is 88.3 Å². The molecule has 0 unspecified atom stereocenters. The lowest BCUT2D eigenvalue weighted by atomic mass is 10.1. The average Bonchev–Trinajstić information content (AvgIpc) is 2.60.